The summed E-state index contributed by atoms with van der Waals surface area (Å²) in [4.78, 5) is 0. The first-order chi connectivity index (χ1) is 3.72. The van der Waals surface area contributed by atoms with Crippen LogP contribution in [0.2, 0.25) is 0 Å². The molecule has 0 fully saturated rings. The zero-order valence-corrected chi connectivity index (χ0v) is 8.09. The standard InChI is InChI=1S/C5H9NO2.CH3.Lr/c1-4(8)5(2-6)3-7;;/h7-8H,3,6H2,1H3;1H3;/q;-1;/b5-4+;;. The van der Waals surface area contributed by atoms with Crippen molar-refractivity contribution in [2.45, 2.75) is 6.92 Å². The Balaban J connectivity index is -0.000000245. The molecule has 0 aromatic rings. The van der Waals surface area contributed by atoms with E-state index >= 15 is 0 Å². The van der Waals surface area contributed by atoms with Crippen molar-refractivity contribution in [2.24, 2.45) is 0 Å². The third kappa shape index (κ3) is 4.33. The van der Waals surface area contributed by atoms with Crippen molar-refractivity contribution in [3.8, 4) is 0 Å². The molecule has 4 N–H and O–H groups in total. The maximum Gasteiger partial charge on any atom is 0.0456 e. The van der Waals surface area contributed by atoms with Crippen LogP contribution in [-0.2, 0) is 0 Å². The van der Waals surface area contributed by atoms with Gasteiger partial charge in [-0.25, -0.2) is 0 Å². The van der Waals surface area contributed by atoms with Gasteiger partial charge in [0.25, 0.3) is 0 Å². The molecule has 69 valence electrons. The maximum absolute atomic E-state index is 8.59. The molecule has 0 aliphatic heterocycles. The molecular weight excluding hydrogens is 380 g/mol. The second-order valence-electron chi connectivity index (χ2n) is 1.37. The average Bonchev–Trinajstić information content (AvgIpc) is 1.69. The van der Waals surface area contributed by atoms with Gasteiger partial charge < -0.3 is 23.0 Å². The van der Waals surface area contributed by atoms with Crippen LogP contribution in [0.25, 0.3) is 0 Å². The summed E-state index contributed by atoms with van der Waals surface area (Å²) >= 11 is 0. The van der Waals surface area contributed by atoms with Gasteiger partial charge in [-0.3, -0.25) is 0 Å². The van der Waals surface area contributed by atoms with Crippen LogP contribution in [0.15, 0.2) is 11.3 Å². The van der Waals surface area contributed by atoms with E-state index in [0.29, 0.717) is 0 Å². The van der Waals surface area contributed by atoms with E-state index in [1.54, 1.807) is 0 Å². The topological polar surface area (TPSA) is 66.0 Å². The molecule has 10 heavy (non-hydrogen) atoms. The summed E-state index contributed by atoms with van der Waals surface area (Å²) in [5, 5.41) is 21.8. The summed E-state index contributed by atoms with van der Waals surface area (Å²) in [6.45, 7) is 1.17. The van der Waals surface area contributed by atoms with E-state index in [2.05, 4.69) is 6.21 Å². The van der Waals surface area contributed by atoms with E-state index in [1.807, 2.05) is 0 Å². The van der Waals surface area contributed by atoms with Crippen LogP contribution in [-0.4, -0.2) is 23.0 Å². The van der Waals surface area contributed by atoms with Crippen LogP contribution >= 0.6 is 0 Å². The number of nitrogens with two attached hydrogens (primary N) is 1. The van der Waals surface area contributed by atoms with E-state index in [-0.39, 0.29) is 25.4 Å². The number of rotatable bonds is 2. The first-order valence-electron chi connectivity index (χ1n) is 2.18. The van der Waals surface area contributed by atoms with E-state index in [1.165, 1.54) is 6.92 Å². The molecule has 0 atom stereocenters. The molecule has 0 rings (SSSR count). The SMILES string of the molecule is C/C(O)=C(/[C-]=[NH2+])CO.[CH3-].[Lr]. The van der Waals surface area contributed by atoms with Crippen molar-refractivity contribution in [1.29, 1.82) is 0 Å². The Morgan fingerprint density at radius 2 is 2.00 bits per heavy atom. The minimum atomic E-state index is -0.265. The van der Waals surface area contributed by atoms with Gasteiger partial charge in [-0.15, -0.1) is 0 Å². The van der Waals surface area contributed by atoms with Crippen LogP contribution in [0.5, 0.6) is 0 Å². The minimum Gasteiger partial charge on any atom is -0.596 e. The Labute approximate surface area is 55.2 Å². The quantitative estimate of drug-likeness (QED) is 0.320. The Kier molecular flexibility index (Phi) is 11.3. The monoisotopic (exact) mass is 392 g/mol. The number of hydrogen-bond donors (Lipinski definition) is 3. The third-order valence-corrected chi connectivity index (χ3v) is 0.769. The molecule has 0 aliphatic rings. The number of aliphatic hydroxyl groups is 2. The van der Waals surface area contributed by atoms with Gasteiger partial charge in [-0.05, 0) is 0 Å². The molecule has 3 nitrogen and oxygen atoms in total. The van der Waals surface area contributed by atoms with Gasteiger partial charge in [0.1, 0.15) is 0 Å². The molecule has 0 unspecified atom stereocenters. The summed E-state index contributed by atoms with van der Waals surface area (Å²) in [5.74, 6) is 0.00926. The normalized spacial score (nSPS) is 10.2. The predicted molar refractivity (Wildman–Crippen MR) is 35.8 cm³/mol. The molecule has 0 spiro atoms. The van der Waals surface area contributed by atoms with Crippen LogP contribution in [0.4, 0.5) is 0 Å². The number of hydrogen-bond acceptors (Lipinski definition) is 2. The summed E-state index contributed by atoms with van der Waals surface area (Å²) in [6.07, 6.45) is 2.13. The molecule has 0 aromatic heterocycles. The summed E-state index contributed by atoms with van der Waals surface area (Å²) < 4.78 is 0. The van der Waals surface area contributed by atoms with Crippen LogP contribution < -0.4 is 5.41 Å². The van der Waals surface area contributed by atoms with E-state index in [0.717, 1.165) is 0 Å². The number of allylic oxidation sites excluding steroid dienone is 1. The van der Waals surface area contributed by atoms with Crippen molar-refractivity contribution >= 4 is 6.21 Å². The van der Waals surface area contributed by atoms with Crippen molar-refractivity contribution in [3.63, 3.8) is 0 Å². The van der Waals surface area contributed by atoms with Gasteiger partial charge in [0.2, 0.25) is 0 Å². The molecular formula is C6H12LrNO2-. The van der Waals surface area contributed by atoms with E-state index < -0.39 is 0 Å². The van der Waals surface area contributed by atoms with Crippen LogP contribution in [0.1, 0.15) is 6.92 Å². The Morgan fingerprint density at radius 3 is 2.00 bits per heavy atom. The molecule has 0 aromatic carbocycles. The van der Waals surface area contributed by atoms with Gasteiger partial charge in [-0.2, -0.15) is 0 Å². The summed E-state index contributed by atoms with van der Waals surface area (Å²) in [5.41, 5.74) is 0.241. The second kappa shape index (κ2) is 7.17. The van der Waals surface area contributed by atoms with Gasteiger partial charge in [0.15, 0.2) is 0 Å². The smallest absolute Gasteiger partial charge is 0.0456 e. The second-order valence-corrected chi connectivity index (χ2v) is 1.37. The van der Waals surface area contributed by atoms with E-state index in [4.69, 9.17) is 15.6 Å². The molecule has 1 radical (unpaired) electrons. The fourth-order valence-corrected chi connectivity index (χ4v) is 0.264. The molecule has 0 bridgehead atoms. The van der Waals surface area contributed by atoms with Gasteiger partial charge in [0.05, 0.1) is 0 Å². The first-order valence-corrected chi connectivity index (χ1v) is 2.18. The van der Waals surface area contributed by atoms with Crippen molar-refractivity contribution < 1.29 is 15.6 Å². The fraction of sp³-hybridized carbons (Fsp3) is 0.333. The zero-order chi connectivity index (χ0) is 6.57. The molecule has 4 heteroatoms. The molecule has 0 saturated carbocycles. The van der Waals surface area contributed by atoms with Crippen LogP contribution in [0, 0.1) is 7.43 Å². The summed E-state index contributed by atoms with van der Waals surface area (Å²) in [6, 6.07) is 0. The average molecular weight is 392 g/mol. The fourth-order valence-electron chi connectivity index (χ4n) is 0.264. The van der Waals surface area contributed by atoms with Crippen LogP contribution in [0.3, 0.4) is 0 Å². The Hall–Kier alpha value is -1.83. The molecule has 0 heterocycles. The van der Waals surface area contributed by atoms with Gasteiger partial charge in [0, 0.05) is 12.8 Å². The molecule has 0 aliphatic carbocycles. The predicted octanol–water partition coefficient (Wildman–Crippen LogP) is -1.03. The Morgan fingerprint density at radius 1 is 1.60 bits per heavy atom. The zero-order valence-electron chi connectivity index (χ0n) is 5.94. The minimum absolute atomic E-state index is 0. The van der Waals surface area contributed by atoms with Crippen molar-refractivity contribution in [3.05, 3.63) is 18.8 Å². The third-order valence-electron chi connectivity index (χ3n) is 0.769. The molecule has 0 amide bonds. The van der Waals surface area contributed by atoms with E-state index in [9.17, 15) is 0 Å². The largest absolute Gasteiger partial charge is 0.596 e. The van der Waals surface area contributed by atoms with Gasteiger partial charge in [-0.1, -0.05) is 18.3 Å². The first kappa shape index (κ1) is 15.7. The van der Waals surface area contributed by atoms with Crippen molar-refractivity contribution in [1.82, 2.24) is 0 Å². The molecule has 0 saturated heterocycles. The Bertz CT molecular complexity index is 119. The number of aliphatic hydroxyl groups excluding tert-OH is 2. The van der Waals surface area contributed by atoms with Crippen molar-refractivity contribution in [2.75, 3.05) is 6.61 Å². The van der Waals surface area contributed by atoms with Gasteiger partial charge >= 0.3 is 0 Å². The summed E-state index contributed by atoms with van der Waals surface area (Å²) in [7, 11) is 0. The maximum atomic E-state index is 8.59.